The molecule has 1 aromatic carbocycles. The number of aryl methyl sites for hydroxylation is 1. The zero-order valence-electron chi connectivity index (χ0n) is 8.86. The van der Waals surface area contributed by atoms with Gasteiger partial charge in [-0.05, 0) is 17.5 Å². The molecule has 0 heterocycles. The SMILES string of the molecule is CCc1cccc(C[C@H](O)COC)c1. The fourth-order valence-corrected chi connectivity index (χ4v) is 1.50. The molecule has 2 heteroatoms. The lowest BCUT2D eigenvalue weighted by atomic mass is 10.0. The number of hydrogen-bond donors (Lipinski definition) is 1. The molecular weight excluding hydrogens is 176 g/mol. The van der Waals surface area contributed by atoms with Gasteiger partial charge in [-0.2, -0.15) is 0 Å². The Labute approximate surface area is 85.5 Å². The number of aliphatic hydroxyl groups is 1. The van der Waals surface area contributed by atoms with Gasteiger partial charge < -0.3 is 9.84 Å². The number of hydrogen-bond acceptors (Lipinski definition) is 2. The molecule has 0 amide bonds. The highest BCUT2D eigenvalue weighted by molar-refractivity contribution is 5.23. The van der Waals surface area contributed by atoms with Crippen molar-refractivity contribution in [2.45, 2.75) is 25.9 Å². The summed E-state index contributed by atoms with van der Waals surface area (Å²) < 4.78 is 4.88. The molecule has 0 radical (unpaired) electrons. The smallest absolute Gasteiger partial charge is 0.0813 e. The van der Waals surface area contributed by atoms with Crippen molar-refractivity contribution in [1.82, 2.24) is 0 Å². The second-order valence-electron chi connectivity index (χ2n) is 3.49. The summed E-state index contributed by atoms with van der Waals surface area (Å²) >= 11 is 0. The molecule has 0 unspecified atom stereocenters. The Bertz CT molecular complexity index is 271. The topological polar surface area (TPSA) is 29.5 Å². The average molecular weight is 194 g/mol. The number of benzene rings is 1. The van der Waals surface area contributed by atoms with E-state index in [1.165, 1.54) is 11.1 Å². The predicted molar refractivity (Wildman–Crippen MR) is 57.4 cm³/mol. The van der Waals surface area contributed by atoms with Crippen molar-refractivity contribution >= 4 is 0 Å². The largest absolute Gasteiger partial charge is 0.390 e. The zero-order valence-corrected chi connectivity index (χ0v) is 8.86. The van der Waals surface area contributed by atoms with E-state index >= 15 is 0 Å². The maximum Gasteiger partial charge on any atom is 0.0813 e. The van der Waals surface area contributed by atoms with E-state index in [4.69, 9.17) is 4.74 Å². The Morgan fingerprint density at radius 3 is 2.71 bits per heavy atom. The standard InChI is InChI=1S/C12H18O2/c1-3-10-5-4-6-11(7-10)8-12(13)9-14-2/h4-7,12-13H,3,8-9H2,1-2H3/t12-/m0/s1. The Kier molecular flexibility index (Phi) is 4.63. The van der Waals surface area contributed by atoms with E-state index in [2.05, 4.69) is 19.1 Å². The van der Waals surface area contributed by atoms with Gasteiger partial charge in [0.2, 0.25) is 0 Å². The average Bonchev–Trinajstić information content (AvgIpc) is 2.18. The molecule has 1 N–H and O–H groups in total. The molecule has 1 rings (SSSR count). The lowest BCUT2D eigenvalue weighted by Crippen LogP contribution is -2.16. The third-order valence-corrected chi connectivity index (χ3v) is 2.23. The minimum Gasteiger partial charge on any atom is -0.390 e. The van der Waals surface area contributed by atoms with E-state index in [1.54, 1.807) is 7.11 Å². The Morgan fingerprint density at radius 1 is 1.36 bits per heavy atom. The summed E-state index contributed by atoms with van der Waals surface area (Å²) in [6.45, 7) is 2.53. The fourth-order valence-electron chi connectivity index (χ4n) is 1.50. The summed E-state index contributed by atoms with van der Waals surface area (Å²) in [5.74, 6) is 0. The van der Waals surface area contributed by atoms with Crippen LogP contribution in [0.5, 0.6) is 0 Å². The van der Waals surface area contributed by atoms with E-state index < -0.39 is 6.10 Å². The molecule has 0 saturated carbocycles. The molecule has 0 aliphatic heterocycles. The number of ether oxygens (including phenoxy) is 1. The van der Waals surface area contributed by atoms with Gasteiger partial charge in [0.15, 0.2) is 0 Å². The first-order chi connectivity index (χ1) is 6.76. The van der Waals surface area contributed by atoms with Crippen LogP contribution in [0.15, 0.2) is 24.3 Å². The maximum atomic E-state index is 9.54. The van der Waals surface area contributed by atoms with Gasteiger partial charge in [-0.1, -0.05) is 31.2 Å². The molecule has 1 atom stereocenters. The van der Waals surface area contributed by atoms with Gasteiger partial charge in [0.1, 0.15) is 0 Å². The molecule has 0 fully saturated rings. The molecule has 14 heavy (non-hydrogen) atoms. The van der Waals surface area contributed by atoms with E-state index in [1.807, 2.05) is 12.1 Å². The molecule has 0 aliphatic carbocycles. The summed E-state index contributed by atoms with van der Waals surface area (Å²) in [4.78, 5) is 0. The molecular formula is C12H18O2. The van der Waals surface area contributed by atoms with Gasteiger partial charge in [-0.25, -0.2) is 0 Å². The summed E-state index contributed by atoms with van der Waals surface area (Å²) in [6, 6.07) is 8.32. The number of aliphatic hydroxyl groups excluding tert-OH is 1. The van der Waals surface area contributed by atoms with Gasteiger partial charge in [-0.15, -0.1) is 0 Å². The van der Waals surface area contributed by atoms with Crippen LogP contribution in [0, 0.1) is 0 Å². The second-order valence-corrected chi connectivity index (χ2v) is 3.49. The molecule has 1 aromatic rings. The fraction of sp³-hybridized carbons (Fsp3) is 0.500. The molecule has 0 bridgehead atoms. The monoisotopic (exact) mass is 194 g/mol. The predicted octanol–water partition coefficient (Wildman–Crippen LogP) is 1.80. The molecule has 0 aromatic heterocycles. The molecule has 0 aliphatic rings. The van der Waals surface area contributed by atoms with E-state index in [0.717, 1.165) is 6.42 Å². The maximum absolute atomic E-state index is 9.54. The first kappa shape index (κ1) is 11.2. The van der Waals surface area contributed by atoms with Crippen LogP contribution in [0.1, 0.15) is 18.1 Å². The Morgan fingerprint density at radius 2 is 2.07 bits per heavy atom. The lowest BCUT2D eigenvalue weighted by molar-refractivity contribution is 0.0650. The molecule has 78 valence electrons. The minimum absolute atomic E-state index is 0.396. The molecule has 0 spiro atoms. The van der Waals surface area contributed by atoms with Crippen LogP contribution in [-0.4, -0.2) is 24.9 Å². The highest BCUT2D eigenvalue weighted by Crippen LogP contribution is 2.08. The lowest BCUT2D eigenvalue weighted by Gasteiger charge is -2.09. The zero-order chi connectivity index (χ0) is 10.4. The van der Waals surface area contributed by atoms with Crippen LogP contribution in [0.25, 0.3) is 0 Å². The van der Waals surface area contributed by atoms with Gasteiger partial charge in [0, 0.05) is 13.5 Å². The van der Waals surface area contributed by atoms with Crippen molar-refractivity contribution in [2.75, 3.05) is 13.7 Å². The second kappa shape index (κ2) is 5.78. The summed E-state index contributed by atoms with van der Waals surface area (Å²) in [5.41, 5.74) is 2.49. The number of rotatable bonds is 5. The van der Waals surface area contributed by atoms with Crippen LogP contribution in [0.3, 0.4) is 0 Å². The van der Waals surface area contributed by atoms with Crippen LogP contribution >= 0.6 is 0 Å². The van der Waals surface area contributed by atoms with Crippen molar-refractivity contribution in [1.29, 1.82) is 0 Å². The van der Waals surface area contributed by atoms with Gasteiger partial charge in [0.05, 0.1) is 12.7 Å². The van der Waals surface area contributed by atoms with Crippen molar-refractivity contribution in [3.8, 4) is 0 Å². The van der Waals surface area contributed by atoms with E-state index in [9.17, 15) is 5.11 Å². The van der Waals surface area contributed by atoms with Gasteiger partial charge in [0.25, 0.3) is 0 Å². The number of methoxy groups -OCH3 is 1. The highest BCUT2D eigenvalue weighted by Gasteiger charge is 2.04. The van der Waals surface area contributed by atoms with Gasteiger partial charge >= 0.3 is 0 Å². The molecule has 0 saturated heterocycles. The summed E-state index contributed by atoms with van der Waals surface area (Å²) in [6.07, 6.45) is 1.31. The van der Waals surface area contributed by atoms with Crippen LogP contribution in [0.2, 0.25) is 0 Å². The summed E-state index contributed by atoms with van der Waals surface area (Å²) in [7, 11) is 1.60. The van der Waals surface area contributed by atoms with E-state index in [-0.39, 0.29) is 0 Å². The third kappa shape index (κ3) is 3.48. The third-order valence-electron chi connectivity index (χ3n) is 2.23. The first-order valence-corrected chi connectivity index (χ1v) is 5.01. The van der Waals surface area contributed by atoms with Crippen LogP contribution in [-0.2, 0) is 17.6 Å². The summed E-state index contributed by atoms with van der Waals surface area (Å²) in [5, 5.41) is 9.54. The molecule has 2 nitrogen and oxygen atoms in total. The van der Waals surface area contributed by atoms with Crippen LogP contribution in [0.4, 0.5) is 0 Å². The minimum atomic E-state index is -0.396. The van der Waals surface area contributed by atoms with Crippen molar-refractivity contribution in [3.05, 3.63) is 35.4 Å². The highest BCUT2D eigenvalue weighted by atomic mass is 16.5. The Hall–Kier alpha value is -0.860. The van der Waals surface area contributed by atoms with E-state index in [0.29, 0.717) is 13.0 Å². The van der Waals surface area contributed by atoms with Crippen molar-refractivity contribution in [3.63, 3.8) is 0 Å². The Balaban J connectivity index is 2.57. The quantitative estimate of drug-likeness (QED) is 0.774. The normalized spacial score (nSPS) is 12.8. The van der Waals surface area contributed by atoms with Crippen molar-refractivity contribution < 1.29 is 9.84 Å². The first-order valence-electron chi connectivity index (χ1n) is 5.01. The van der Waals surface area contributed by atoms with Crippen molar-refractivity contribution in [2.24, 2.45) is 0 Å². The van der Waals surface area contributed by atoms with Crippen LogP contribution < -0.4 is 0 Å². The van der Waals surface area contributed by atoms with Gasteiger partial charge in [-0.3, -0.25) is 0 Å².